The summed E-state index contributed by atoms with van der Waals surface area (Å²) in [4.78, 5) is 0. The quantitative estimate of drug-likeness (QED) is 0.797. The van der Waals surface area contributed by atoms with Crippen molar-refractivity contribution in [3.63, 3.8) is 0 Å². The Balaban J connectivity index is 1.62. The highest BCUT2D eigenvalue weighted by atomic mass is 32.1. The van der Waals surface area contributed by atoms with Crippen molar-refractivity contribution in [3.05, 3.63) is 59.0 Å². The van der Waals surface area contributed by atoms with E-state index in [1.54, 1.807) is 11.3 Å². The van der Waals surface area contributed by atoms with Gasteiger partial charge in [0.05, 0.1) is 6.10 Å². The van der Waals surface area contributed by atoms with Gasteiger partial charge in [-0.3, -0.25) is 0 Å². The first-order chi connectivity index (χ1) is 10.3. The Hall–Kier alpha value is -2.04. The molecule has 2 heterocycles. The third-order valence-electron chi connectivity index (χ3n) is 3.76. The van der Waals surface area contributed by atoms with Crippen molar-refractivity contribution in [2.24, 2.45) is 0 Å². The van der Waals surface area contributed by atoms with Gasteiger partial charge in [0, 0.05) is 11.1 Å². The van der Waals surface area contributed by atoms with E-state index >= 15 is 0 Å². The van der Waals surface area contributed by atoms with E-state index in [0.29, 0.717) is 12.2 Å². The molecule has 1 aliphatic heterocycles. The Morgan fingerprint density at radius 3 is 2.90 bits per heavy atom. The van der Waals surface area contributed by atoms with Gasteiger partial charge in [-0.05, 0) is 40.1 Å². The standard InChI is InChI=1S/C17H14O3S/c18-14(11-5-6-15-16(8-11)20-10-19-15)7-12-9-21-17-4-2-1-3-13(12)17/h1-6,8-9,14,18H,7,10H2. The normalized spacial score (nSPS) is 14.5. The highest BCUT2D eigenvalue weighted by Gasteiger charge is 2.17. The molecule has 0 saturated carbocycles. The summed E-state index contributed by atoms with van der Waals surface area (Å²) in [6.07, 6.45) is 0.0569. The largest absolute Gasteiger partial charge is 0.454 e. The van der Waals surface area contributed by atoms with Gasteiger partial charge < -0.3 is 14.6 Å². The van der Waals surface area contributed by atoms with Gasteiger partial charge in [0.15, 0.2) is 11.5 Å². The van der Waals surface area contributed by atoms with Crippen LogP contribution in [0.4, 0.5) is 0 Å². The Bertz CT molecular complexity index is 794. The first-order valence-corrected chi connectivity index (χ1v) is 7.72. The Morgan fingerprint density at radius 1 is 1.10 bits per heavy atom. The maximum Gasteiger partial charge on any atom is 0.231 e. The first-order valence-electron chi connectivity index (χ1n) is 6.84. The molecule has 21 heavy (non-hydrogen) atoms. The van der Waals surface area contributed by atoms with Crippen LogP contribution in [0.2, 0.25) is 0 Å². The molecule has 4 heteroatoms. The van der Waals surface area contributed by atoms with Crippen LogP contribution in [0.1, 0.15) is 17.2 Å². The molecular formula is C17H14O3S. The maximum absolute atomic E-state index is 10.5. The maximum atomic E-state index is 10.5. The van der Waals surface area contributed by atoms with Crippen LogP contribution in [0.15, 0.2) is 47.8 Å². The lowest BCUT2D eigenvalue weighted by molar-refractivity contribution is 0.171. The second-order valence-corrected chi connectivity index (χ2v) is 6.00. The molecule has 4 rings (SSSR count). The van der Waals surface area contributed by atoms with Gasteiger partial charge in [-0.1, -0.05) is 24.3 Å². The fourth-order valence-corrected chi connectivity index (χ4v) is 3.61. The second kappa shape index (κ2) is 5.06. The van der Waals surface area contributed by atoms with Crippen molar-refractivity contribution in [2.45, 2.75) is 12.5 Å². The predicted molar refractivity (Wildman–Crippen MR) is 83.1 cm³/mol. The van der Waals surface area contributed by atoms with Gasteiger partial charge in [0.2, 0.25) is 6.79 Å². The lowest BCUT2D eigenvalue weighted by atomic mass is 10.0. The summed E-state index contributed by atoms with van der Waals surface area (Å²) in [6, 6.07) is 13.9. The minimum Gasteiger partial charge on any atom is -0.454 e. The zero-order chi connectivity index (χ0) is 14.2. The van der Waals surface area contributed by atoms with Gasteiger partial charge in [-0.2, -0.15) is 0 Å². The number of benzene rings is 2. The smallest absolute Gasteiger partial charge is 0.231 e. The lowest BCUT2D eigenvalue weighted by Gasteiger charge is -2.11. The first kappa shape index (κ1) is 12.7. The molecule has 3 nitrogen and oxygen atoms in total. The summed E-state index contributed by atoms with van der Waals surface area (Å²) in [5, 5.41) is 13.8. The van der Waals surface area contributed by atoms with E-state index in [-0.39, 0.29) is 6.79 Å². The second-order valence-electron chi connectivity index (χ2n) is 5.09. The van der Waals surface area contributed by atoms with E-state index in [4.69, 9.17) is 9.47 Å². The van der Waals surface area contributed by atoms with E-state index in [2.05, 4.69) is 17.5 Å². The number of rotatable bonds is 3. The molecule has 0 radical (unpaired) electrons. The van der Waals surface area contributed by atoms with Crippen LogP contribution in [0.3, 0.4) is 0 Å². The van der Waals surface area contributed by atoms with Crippen LogP contribution in [0.25, 0.3) is 10.1 Å². The SMILES string of the molecule is OC(Cc1csc2ccccc12)c1ccc2c(c1)OCO2. The third-order valence-corrected chi connectivity index (χ3v) is 4.77. The van der Waals surface area contributed by atoms with Gasteiger partial charge in [0.25, 0.3) is 0 Å². The van der Waals surface area contributed by atoms with Gasteiger partial charge in [-0.15, -0.1) is 11.3 Å². The molecule has 0 fully saturated rings. The predicted octanol–water partition coefficient (Wildman–Crippen LogP) is 3.91. The van der Waals surface area contributed by atoms with Crippen LogP contribution in [-0.4, -0.2) is 11.9 Å². The Morgan fingerprint density at radius 2 is 1.95 bits per heavy atom. The average molecular weight is 298 g/mol. The van der Waals surface area contributed by atoms with Crippen LogP contribution in [0, 0.1) is 0 Å². The summed E-state index contributed by atoms with van der Waals surface area (Å²) < 4.78 is 11.9. The van der Waals surface area contributed by atoms with Crippen LogP contribution < -0.4 is 9.47 Å². The van der Waals surface area contributed by atoms with Crippen LogP contribution >= 0.6 is 11.3 Å². The molecule has 3 aromatic rings. The number of ether oxygens (including phenoxy) is 2. The molecule has 106 valence electrons. The minimum absolute atomic E-state index is 0.254. The summed E-state index contributed by atoms with van der Waals surface area (Å²) in [5.41, 5.74) is 2.04. The minimum atomic E-state index is -0.544. The molecule has 0 amide bonds. The Labute approximate surface area is 126 Å². The summed E-state index contributed by atoms with van der Waals surface area (Å²) in [5.74, 6) is 1.45. The highest BCUT2D eigenvalue weighted by Crippen LogP contribution is 2.36. The molecular weight excluding hydrogens is 284 g/mol. The number of aliphatic hydroxyl groups is 1. The van der Waals surface area contributed by atoms with E-state index in [9.17, 15) is 5.11 Å². The van der Waals surface area contributed by atoms with E-state index in [0.717, 1.165) is 11.3 Å². The molecule has 0 spiro atoms. The average Bonchev–Trinajstić information content (AvgIpc) is 3.13. The van der Waals surface area contributed by atoms with Gasteiger partial charge >= 0.3 is 0 Å². The van der Waals surface area contributed by atoms with Crippen molar-refractivity contribution in [2.75, 3.05) is 6.79 Å². The molecule has 2 aromatic carbocycles. The molecule has 0 bridgehead atoms. The van der Waals surface area contributed by atoms with Crippen molar-refractivity contribution in [3.8, 4) is 11.5 Å². The fraction of sp³-hybridized carbons (Fsp3) is 0.176. The third kappa shape index (κ3) is 2.26. The molecule has 1 aromatic heterocycles. The molecule has 1 N–H and O–H groups in total. The molecule has 1 aliphatic rings. The van der Waals surface area contributed by atoms with Crippen LogP contribution in [0.5, 0.6) is 11.5 Å². The van der Waals surface area contributed by atoms with E-state index < -0.39 is 6.10 Å². The van der Waals surface area contributed by atoms with Crippen molar-refractivity contribution in [1.29, 1.82) is 0 Å². The Kier molecular flexibility index (Phi) is 3.05. The molecule has 1 unspecified atom stereocenters. The number of fused-ring (bicyclic) bond motifs is 2. The highest BCUT2D eigenvalue weighted by molar-refractivity contribution is 7.17. The number of aliphatic hydroxyl groups excluding tert-OH is 1. The molecule has 0 saturated heterocycles. The van der Waals surface area contributed by atoms with Crippen molar-refractivity contribution >= 4 is 21.4 Å². The zero-order valence-corrected chi connectivity index (χ0v) is 12.1. The number of hydrogen-bond acceptors (Lipinski definition) is 4. The summed E-state index contributed by atoms with van der Waals surface area (Å²) >= 11 is 1.72. The van der Waals surface area contributed by atoms with Gasteiger partial charge in [-0.25, -0.2) is 0 Å². The van der Waals surface area contributed by atoms with E-state index in [1.807, 2.05) is 30.3 Å². The number of thiophene rings is 1. The topological polar surface area (TPSA) is 38.7 Å². The summed E-state index contributed by atoms with van der Waals surface area (Å²) in [7, 11) is 0. The van der Waals surface area contributed by atoms with Crippen LogP contribution in [-0.2, 0) is 6.42 Å². The van der Waals surface area contributed by atoms with Crippen molar-refractivity contribution < 1.29 is 14.6 Å². The zero-order valence-electron chi connectivity index (χ0n) is 11.3. The number of hydrogen-bond donors (Lipinski definition) is 1. The fourth-order valence-electron chi connectivity index (χ4n) is 2.64. The summed E-state index contributed by atoms with van der Waals surface area (Å²) in [6.45, 7) is 0.254. The molecule has 1 atom stereocenters. The monoisotopic (exact) mass is 298 g/mol. The van der Waals surface area contributed by atoms with Crippen molar-refractivity contribution in [1.82, 2.24) is 0 Å². The van der Waals surface area contributed by atoms with Gasteiger partial charge in [0.1, 0.15) is 0 Å². The lowest BCUT2D eigenvalue weighted by Crippen LogP contribution is -2.01. The molecule has 0 aliphatic carbocycles. The van der Waals surface area contributed by atoms with E-state index in [1.165, 1.54) is 15.6 Å².